The Labute approximate surface area is 177 Å². The first-order valence-electron chi connectivity index (χ1n) is 11.4. The van der Waals surface area contributed by atoms with Crippen molar-refractivity contribution in [3.63, 3.8) is 0 Å². The van der Waals surface area contributed by atoms with Gasteiger partial charge < -0.3 is 20.1 Å². The van der Waals surface area contributed by atoms with Gasteiger partial charge in [0.1, 0.15) is 17.8 Å². The van der Waals surface area contributed by atoms with E-state index in [0.717, 1.165) is 49.7 Å². The number of carbonyl (C=O) groups excluding carboxylic acids is 1. The third-order valence-electron chi connectivity index (χ3n) is 8.11. The second-order valence-electron chi connectivity index (χ2n) is 10.0. The summed E-state index contributed by atoms with van der Waals surface area (Å²) in [6.07, 6.45) is 8.68. The fourth-order valence-electron chi connectivity index (χ4n) is 6.45. The Kier molecular flexibility index (Phi) is 4.89. The van der Waals surface area contributed by atoms with Crippen LogP contribution in [0.25, 0.3) is 10.9 Å². The molecular formula is C25H33N2O3+. The van der Waals surface area contributed by atoms with E-state index in [4.69, 9.17) is 4.74 Å². The molecule has 5 heteroatoms. The summed E-state index contributed by atoms with van der Waals surface area (Å²) in [5.41, 5.74) is 3.90. The summed E-state index contributed by atoms with van der Waals surface area (Å²) in [6, 6.07) is 5.42. The Morgan fingerprint density at radius 1 is 1.40 bits per heavy atom. The highest BCUT2D eigenvalue weighted by Crippen LogP contribution is 2.56. The molecule has 2 heterocycles. The third-order valence-corrected chi connectivity index (χ3v) is 8.11. The lowest BCUT2D eigenvalue weighted by molar-refractivity contribution is -0.658. The van der Waals surface area contributed by atoms with Crippen molar-refractivity contribution in [2.24, 2.45) is 23.2 Å². The van der Waals surface area contributed by atoms with Crippen molar-refractivity contribution < 1.29 is 20.0 Å². The van der Waals surface area contributed by atoms with Crippen LogP contribution < -0.4 is 5.32 Å². The summed E-state index contributed by atoms with van der Waals surface area (Å²) in [6.45, 7) is 8.47. The standard InChI is InChI=1S/C25H32N2O3/c1-15-4-3-8-25(2)12-23-19(11-21(15)25)20(24(29)30-23)14-26-9-7-16-13-27-22-6-5-17(28)10-18(16)22/h5-6,10,13,19-21,23,26-28H,1,3-4,7-9,11-12,14H2,2H3/p+1/t19-,20+,21-,23-,25-/m1/s1. The first-order chi connectivity index (χ1) is 14.4. The number of nitrogens with one attached hydrogen (secondary N) is 1. The average Bonchev–Trinajstić information content (AvgIpc) is 3.23. The number of carbonyl (C=O) groups is 1. The SMILES string of the molecule is C=C1CCC[C@]2(C)C[C@H]3OC(=O)[C@@H](C[NH2+]CCc4c[nH]c5ccc(O)cc45)[C@H]3C[C@H]12. The maximum Gasteiger partial charge on any atom is 0.315 e. The predicted octanol–water partition coefficient (Wildman–Crippen LogP) is 3.29. The van der Waals surface area contributed by atoms with E-state index in [2.05, 4.69) is 23.8 Å². The number of hydrogen-bond donors (Lipinski definition) is 3. The molecule has 3 aliphatic rings. The second-order valence-corrected chi connectivity index (χ2v) is 10.0. The first-order valence-corrected chi connectivity index (χ1v) is 11.4. The highest BCUT2D eigenvalue weighted by Gasteiger charge is 2.55. The van der Waals surface area contributed by atoms with Crippen LogP contribution in [0.4, 0.5) is 0 Å². The molecule has 1 aromatic heterocycles. The molecule has 5 nitrogen and oxygen atoms in total. The van der Waals surface area contributed by atoms with E-state index in [1.54, 1.807) is 6.07 Å². The molecule has 0 unspecified atom stereocenters. The lowest BCUT2D eigenvalue weighted by Crippen LogP contribution is -2.86. The maximum atomic E-state index is 12.7. The molecular weight excluding hydrogens is 376 g/mol. The van der Waals surface area contributed by atoms with Gasteiger partial charge in [0.2, 0.25) is 0 Å². The molecule has 0 amide bonds. The molecule has 5 rings (SSSR count). The van der Waals surface area contributed by atoms with E-state index >= 15 is 0 Å². The second kappa shape index (κ2) is 7.45. The molecule has 5 atom stereocenters. The van der Waals surface area contributed by atoms with Crippen molar-refractivity contribution in [3.05, 3.63) is 42.1 Å². The van der Waals surface area contributed by atoms with Crippen molar-refractivity contribution in [2.75, 3.05) is 13.1 Å². The van der Waals surface area contributed by atoms with Gasteiger partial charge in [-0.15, -0.1) is 0 Å². The van der Waals surface area contributed by atoms with Crippen LogP contribution in [0.5, 0.6) is 5.75 Å². The van der Waals surface area contributed by atoms with Crippen LogP contribution in [0.1, 0.15) is 44.6 Å². The molecule has 0 bridgehead atoms. The van der Waals surface area contributed by atoms with E-state index in [1.165, 1.54) is 24.0 Å². The largest absolute Gasteiger partial charge is 0.508 e. The quantitative estimate of drug-likeness (QED) is 0.403. The number of quaternary nitrogens is 1. The Bertz CT molecular complexity index is 980. The molecule has 0 radical (unpaired) electrons. The molecule has 160 valence electrons. The maximum absolute atomic E-state index is 12.7. The normalized spacial score (nSPS) is 33.4. The number of phenols is 1. The Balaban J connectivity index is 1.21. The van der Waals surface area contributed by atoms with E-state index in [9.17, 15) is 9.90 Å². The van der Waals surface area contributed by atoms with Crippen LogP contribution in [0.2, 0.25) is 0 Å². The minimum absolute atomic E-state index is 0.00119. The van der Waals surface area contributed by atoms with Crippen molar-refractivity contribution >= 4 is 16.9 Å². The van der Waals surface area contributed by atoms with Crippen LogP contribution in [-0.2, 0) is 16.0 Å². The third kappa shape index (κ3) is 3.33. The van der Waals surface area contributed by atoms with Crippen LogP contribution in [0.3, 0.4) is 0 Å². The number of H-pyrrole nitrogens is 1. The number of aromatic hydroxyl groups is 1. The number of aromatic nitrogens is 1. The van der Waals surface area contributed by atoms with Gasteiger partial charge >= 0.3 is 5.97 Å². The number of esters is 1. The van der Waals surface area contributed by atoms with E-state index in [0.29, 0.717) is 17.6 Å². The Morgan fingerprint density at radius 3 is 3.13 bits per heavy atom. The molecule has 1 aromatic carbocycles. The average molecular weight is 410 g/mol. The number of rotatable bonds is 5. The predicted molar refractivity (Wildman–Crippen MR) is 116 cm³/mol. The number of allylic oxidation sites excluding steroid dienone is 1. The molecule has 0 spiro atoms. The van der Waals surface area contributed by atoms with Gasteiger partial charge in [-0.2, -0.15) is 0 Å². The summed E-state index contributed by atoms with van der Waals surface area (Å²) in [5, 5.41) is 13.1. The number of benzene rings is 1. The number of ether oxygens (including phenoxy) is 1. The summed E-state index contributed by atoms with van der Waals surface area (Å²) in [4.78, 5) is 15.9. The van der Waals surface area contributed by atoms with Gasteiger partial charge in [0.05, 0.1) is 13.1 Å². The number of fused-ring (bicyclic) bond motifs is 3. The number of phenolic OH excluding ortho intramolecular Hbond substituents is 1. The highest BCUT2D eigenvalue weighted by atomic mass is 16.6. The van der Waals surface area contributed by atoms with Crippen molar-refractivity contribution in [1.29, 1.82) is 0 Å². The number of aromatic amines is 1. The summed E-state index contributed by atoms with van der Waals surface area (Å²) < 4.78 is 5.88. The molecule has 30 heavy (non-hydrogen) atoms. The Hall–Kier alpha value is -2.27. The molecule has 2 aromatic rings. The minimum Gasteiger partial charge on any atom is -0.508 e. The van der Waals surface area contributed by atoms with Gasteiger partial charge in [0.25, 0.3) is 0 Å². The van der Waals surface area contributed by atoms with Gasteiger partial charge in [-0.3, -0.25) is 4.79 Å². The molecule has 4 N–H and O–H groups in total. The van der Waals surface area contributed by atoms with Gasteiger partial charge in [-0.05, 0) is 67.2 Å². The Morgan fingerprint density at radius 2 is 2.27 bits per heavy atom. The zero-order valence-corrected chi connectivity index (χ0v) is 17.8. The summed E-state index contributed by atoms with van der Waals surface area (Å²) >= 11 is 0. The summed E-state index contributed by atoms with van der Waals surface area (Å²) in [5.74, 6) is 1.18. The molecule has 2 saturated carbocycles. The number of hydrogen-bond acceptors (Lipinski definition) is 3. The topological polar surface area (TPSA) is 78.9 Å². The van der Waals surface area contributed by atoms with Crippen molar-refractivity contribution in [2.45, 2.75) is 51.6 Å². The first kappa shape index (κ1) is 19.7. The van der Waals surface area contributed by atoms with Gasteiger partial charge in [0.15, 0.2) is 0 Å². The monoisotopic (exact) mass is 409 g/mol. The van der Waals surface area contributed by atoms with Crippen LogP contribution in [0, 0.1) is 23.2 Å². The van der Waals surface area contributed by atoms with Gasteiger partial charge in [0, 0.05) is 29.4 Å². The summed E-state index contributed by atoms with van der Waals surface area (Å²) in [7, 11) is 0. The minimum atomic E-state index is 0.00119. The fourth-order valence-corrected chi connectivity index (χ4v) is 6.45. The van der Waals surface area contributed by atoms with Crippen LogP contribution in [-0.4, -0.2) is 35.3 Å². The fraction of sp³-hybridized carbons (Fsp3) is 0.560. The van der Waals surface area contributed by atoms with Crippen molar-refractivity contribution in [3.8, 4) is 5.75 Å². The molecule has 2 aliphatic carbocycles. The lowest BCUT2D eigenvalue weighted by Gasteiger charge is -2.49. The zero-order chi connectivity index (χ0) is 20.9. The van der Waals surface area contributed by atoms with Crippen LogP contribution >= 0.6 is 0 Å². The van der Waals surface area contributed by atoms with E-state index in [-0.39, 0.29) is 23.4 Å². The zero-order valence-electron chi connectivity index (χ0n) is 17.8. The number of nitrogens with two attached hydrogens (primary N) is 1. The van der Waals surface area contributed by atoms with Crippen LogP contribution in [0.15, 0.2) is 36.5 Å². The van der Waals surface area contributed by atoms with E-state index < -0.39 is 0 Å². The van der Waals surface area contributed by atoms with E-state index in [1.807, 2.05) is 18.3 Å². The molecule has 1 aliphatic heterocycles. The smallest absolute Gasteiger partial charge is 0.315 e. The van der Waals surface area contributed by atoms with Gasteiger partial charge in [-0.25, -0.2) is 0 Å². The molecule has 1 saturated heterocycles. The lowest BCUT2D eigenvalue weighted by atomic mass is 9.55. The van der Waals surface area contributed by atoms with Crippen molar-refractivity contribution in [1.82, 2.24) is 4.98 Å². The molecule has 3 fully saturated rings. The highest BCUT2D eigenvalue weighted by molar-refractivity contribution is 5.84. The van der Waals surface area contributed by atoms with Gasteiger partial charge in [-0.1, -0.05) is 19.1 Å².